The Bertz CT molecular complexity index is 1060. The lowest BCUT2D eigenvalue weighted by molar-refractivity contribution is -0.139. The molecule has 0 radical (unpaired) electrons. The van der Waals surface area contributed by atoms with Crippen LogP contribution in [-0.4, -0.2) is 27.3 Å². The Morgan fingerprint density at radius 2 is 2.24 bits per heavy atom. The number of allylic oxidation sites excluding steroid dienone is 1. The fourth-order valence-corrected chi connectivity index (χ4v) is 4.74. The van der Waals surface area contributed by atoms with E-state index in [-0.39, 0.29) is 11.8 Å². The molecule has 3 aromatic rings. The lowest BCUT2D eigenvalue weighted by Crippen LogP contribution is -2.29. The SMILES string of the molecule is CCOC(=O)C1=C(C)Nc2nc(SCc3cccc(F)c3)nn2[C@H]1c1cccs1. The fraction of sp³-hybridized carbons (Fsp3) is 0.250. The zero-order chi connectivity index (χ0) is 20.4. The quantitative estimate of drug-likeness (QED) is 0.455. The first kappa shape index (κ1) is 19.7. The Morgan fingerprint density at radius 3 is 2.97 bits per heavy atom. The van der Waals surface area contributed by atoms with Crippen molar-refractivity contribution in [1.29, 1.82) is 0 Å². The van der Waals surface area contributed by atoms with Gasteiger partial charge in [-0.2, -0.15) is 4.98 Å². The second kappa shape index (κ2) is 8.38. The lowest BCUT2D eigenvalue weighted by atomic mass is 10.0. The van der Waals surface area contributed by atoms with Gasteiger partial charge < -0.3 is 10.1 Å². The molecule has 4 rings (SSSR count). The van der Waals surface area contributed by atoms with Crippen molar-refractivity contribution in [3.8, 4) is 0 Å². The van der Waals surface area contributed by atoms with Crippen molar-refractivity contribution in [2.75, 3.05) is 11.9 Å². The molecule has 6 nitrogen and oxygen atoms in total. The Morgan fingerprint density at radius 1 is 1.38 bits per heavy atom. The third-order valence-electron chi connectivity index (χ3n) is 4.40. The fourth-order valence-electron chi connectivity index (χ4n) is 3.15. The van der Waals surface area contributed by atoms with E-state index in [1.165, 1.54) is 23.9 Å². The molecule has 0 aliphatic carbocycles. The number of anilines is 1. The van der Waals surface area contributed by atoms with Gasteiger partial charge in [0, 0.05) is 16.3 Å². The van der Waals surface area contributed by atoms with Crippen molar-refractivity contribution in [2.24, 2.45) is 0 Å². The van der Waals surface area contributed by atoms with E-state index in [0.29, 0.717) is 34.7 Å². The van der Waals surface area contributed by atoms with Crippen LogP contribution in [0.4, 0.5) is 10.3 Å². The van der Waals surface area contributed by atoms with Crippen LogP contribution in [0.25, 0.3) is 0 Å². The Labute approximate surface area is 175 Å². The summed E-state index contributed by atoms with van der Waals surface area (Å²) >= 11 is 2.96. The minimum absolute atomic E-state index is 0.265. The first-order valence-corrected chi connectivity index (χ1v) is 11.0. The predicted molar refractivity (Wildman–Crippen MR) is 111 cm³/mol. The summed E-state index contributed by atoms with van der Waals surface area (Å²) in [5.41, 5.74) is 2.07. The maximum Gasteiger partial charge on any atom is 0.338 e. The van der Waals surface area contributed by atoms with Crippen molar-refractivity contribution in [3.05, 3.63) is 69.3 Å². The summed E-state index contributed by atoms with van der Waals surface area (Å²) in [7, 11) is 0. The molecule has 0 bridgehead atoms. The summed E-state index contributed by atoms with van der Waals surface area (Å²) in [5, 5.41) is 10.3. The normalized spacial score (nSPS) is 15.8. The van der Waals surface area contributed by atoms with Crippen LogP contribution in [0.15, 0.2) is 58.2 Å². The smallest absolute Gasteiger partial charge is 0.338 e. The van der Waals surface area contributed by atoms with E-state index in [4.69, 9.17) is 4.74 Å². The third-order valence-corrected chi connectivity index (χ3v) is 6.23. The van der Waals surface area contributed by atoms with Crippen molar-refractivity contribution in [2.45, 2.75) is 30.8 Å². The largest absolute Gasteiger partial charge is 0.463 e. The molecule has 29 heavy (non-hydrogen) atoms. The number of aromatic nitrogens is 3. The van der Waals surface area contributed by atoms with Gasteiger partial charge in [-0.15, -0.1) is 16.4 Å². The van der Waals surface area contributed by atoms with Gasteiger partial charge in [0.05, 0.1) is 12.2 Å². The topological polar surface area (TPSA) is 69.0 Å². The Balaban J connectivity index is 1.65. The van der Waals surface area contributed by atoms with E-state index in [1.54, 1.807) is 29.0 Å². The van der Waals surface area contributed by atoms with Crippen LogP contribution < -0.4 is 5.32 Å². The molecule has 0 saturated carbocycles. The minimum Gasteiger partial charge on any atom is -0.463 e. The van der Waals surface area contributed by atoms with Crippen LogP contribution >= 0.6 is 23.1 Å². The predicted octanol–water partition coefficient (Wildman–Crippen LogP) is 4.62. The van der Waals surface area contributed by atoms with Gasteiger partial charge in [0.1, 0.15) is 11.9 Å². The molecule has 3 heterocycles. The molecule has 0 spiro atoms. The van der Waals surface area contributed by atoms with Gasteiger partial charge in [-0.05, 0) is 43.0 Å². The zero-order valence-corrected chi connectivity index (χ0v) is 17.5. The molecule has 150 valence electrons. The van der Waals surface area contributed by atoms with E-state index >= 15 is 0 Å². The van der Waals surface area contributed by atoms with Gasteiger partial charge in [-0.3, -0.25) is 0 Å². The Hall–Kier alpha value is -2.65. The molecule has 0 amide bonds. The number of halogens is 1. The molecule has 0 fully saturated rings. The number of benzene rings is 1. The van der Waals surface area contributed by atoms with E-state index in [2.05, 4.69) is 15.4 Å². The number of nitrogens with one attached hydrogen (secondary N) is 1. The highest BCUT2D eigenvalue weighted by Gasteiger charge is 2.35. The number of thiophene rings is 1. The average Bonchev–Trinajstić information content (AvgIpc) is 3.35. The molecular weight excluding hydrogens is 411 g/mol. The molecule has 0 unspecified atom stereocenters. The van der Waals surface area contributed by atoms with Crippen LogP contribution in [0.1, 0.15) is 30.3 Å². The van der Waals surface area contributed by atoms with Crippen molar-refractivity contribution >= 4 is 35.0 Å². The minimum atomic E-state index is -0.402. The summed E-state index contributed by atoms with van der Waals surface area (Å²) in [6.07, 6.45) is 0. The molecular formula is C20H19FN4O2S2. The summed E-state index contributed by atoms with van der Waals surface area (Å²) < 4.78 is 20.4. The number of esters is 1. The molecule has 1 aliphatic heterocycles. The number of ether oxygens (including phenoxy) is 1. The number of hydrogen-bond acceptors (Lipinski definition) is 7. The van der Waals surface area contributed by atoms with Crippen LogP contribution in [0, 0.1) is 5.82 Å². The maximum atomic E-state index is 13.4. The summed E-state index contributed by atoms with van der Waals surface area (Å²) in [6.45, 7) is 3.92. The highest BCUT2D eigenvalue weighted by molar-refractivity contribution is 7.98. The molecule has 0 saturated heterocycles. The van der Waals surface area contributed by atoms with Gasteiger partial charge in [-0.1, -0.05) is 30.0 Å². The molecule has 2 aromatic heterocycles. The second-order valence-corrected chi connectivity index (χ2v) is 8.31. The highest BCUT2D eigenvalue weighted by Crippen LogP contribution is 2.38. The summed E-state index contributed by atoms with van der Waals surface area (Å²) in [6, 6.07) is 9.98. The highest BCUT2D eigenvalue weighted by atomic mass is 32.2. The average molecular weight is 431 g/mol. The third kappa shape index (κ3) is 4.06. The first-order chi connectivity index (χ1) is 14.1. The Kier molecular flexibility index (Phi) is 5.68. The van der Waals surface area contributed by atoms with Gasteiger partial charge in [-0.25, -0.2) is 13.9 Å². The number of rotatable bonds is 6. The molecule has 1 aromatic carbocycles. The first-order valence-electron chi connectivity index (χ1n) is 9.09. The van der Waals surface area contributed by atoms with Gasteiger partial charge >= 0.3 is 5.97 Å². The molecule has 9 heteroatoms. The standard InChI is InChI=1S/C20H19FN4O2S2/c1-3-27-18(26)16-12(2)22-19-23-20(29-11-13-6-4-7-14(21)10-13)24-25(19)17(16)15-8-5-9-28-15/h4-10,17H,3,11H2,1-2H3,(H,22,23,24)/t17-/m0/s1. The monoisotopic (exact) mass is 430 g/mol. The van der Waals surface area contributed by atoms with Gasteiger partial charge in [0.25, 0.3) is 0 Å². The van der Waals surface area contributed by atoms with Crippen LogP contribution in [0.2, 0.25) is 0 Å². The van der Waals surface area contributed by atoms with Crippen molar-refractivity contribution < 1.29 is 13.9 Å². The molecule has 1 N–H and O–H groups in total. The second-order valence-electron chi connectivity index (χ2n) is 6.38. The number of carbonyl (C=O) groups excluding carboxylic acids is 1. The van der Waals surface area contributed by atoms with Gasteiger partial charge in [0.15, 0.2) is 0 Å². The molecule has 1 atom stereocenters. The van der Waals surface area contributed by atoms with Crippen molar-refractivity contribution in [1.82, 2.24) is 14.8 Å². The summed E-state index contributed by atoms with van der Waals surface area (Å²) in [5.74, 6) is 0.474. The van der Waals surface area contributed by atoms with E-state index in [9.17, 15) is 9.18 Å². The zero-order valence-electron chi connectivity index (χ0n) is 15.9. The summed E-state index contributed by atoms with van der Waals surface area (Å²) in [4.78, 5) is 18.2. The van der Waals surface area contributed by atoms with Crippen LogP contribution in [0.3, 0.4) is 0 Å². The number of fused-ring (bicyclic) bond motifs is 1. The maximum absolute atomic E-state index is 13.4. The van der Waals surface area contributed by atoms with Crippen LogP contribution in [0.5, 0.6) is 0 Å². The molecule has 1 aliphatic rings. The number of nitrogens with zero attached hydrogens (tertiary/aromatic N) is 3. The number of carbonyl (C=O) groups is 1. The lowest BCUT2D eigenvalue weighted by Gasteiger charge is -2.26. The number of hydrogen-bond donors (Lipinski definition) is 1. The van der Waals surface area contributed by atoms with E-state index in [0.717, 1.165) is 10.4 Å². The van der Waals surface area contributed by atoms with E-state index in [1.807, 2.05) is 30.5 Å². The van der Waals surface area contributed by atoms with E-state index < -0.39 is 6.04 Å². The van der Waals surface area contributed by atoms with Gasteiger partial charge in [0.2, 0.25) is 11.1 Å². The van der Waals surface area contributed by atoms with Crippen molar-refractivity contribution in [3.63, 3.8) is 0 Å². The van der Waals surface area contributed by atoms with Crippen LogP contribution in [-0.2, 0) is 15.3 Å². The number of thioether (sulfide) groups is 1.